The van der Waals surface area contributed by atoms with Crippen LogP contribution >= 0.6 is 11.3 Å². The van der Waals surface area contributed by atoms with Gasteiger partial charge in [0.15, 0.2) is 5.13 Å². The van der Waals surface area contributed by atoms with E-state index in [1.165, 1.54) is 11.3 Å². The monoisotopic (exact) mass is 280 g/mol. The van der Waals surface area contributed by atoms with Crippen LogP contribution in [0.25, 0.3) is 0 Å². The van der Waals surface area contributed by atoms with Crippen molar-refractivity contribution < 1.29 is 9.59 Å². The zero-order valence-corrected chi connectivity index (χ0v) is 11.3. The van der Waals surface area contributed by atoms with Crippen molar-refractivity contribution in [3.8, 4) is 0 Å². The summed E-state index contributed by atoms with van der Waals surface area (Å²) in [4.78, 5) is 30.2. The number of rotatable bonds is 4. The lowest BCUT2D eigenvalue weighted by molar-refractivity contribution is -0.119. The number of amides is 2. The second kappa shape index (κ2) is 4.90. The molecule has 1 aromatic rings. The number of aromatic nitrogens is 1. The molecular formula is C12H16N4O2S. The van der Waals surface area contributed by atoms with Gasteiger partial charge in [0.2, 0.25) is 11.8 Å². The maximum absolute atomic E-state index is 11.7. The van der Waals surface area contributed by atoms with E-state index in [-0.39, 0.29) is 24.3 Å². The zero-order chi connectivity index (χ0) is 13.4. The third kappa shape index (κ3) is 2.93. The lowest BCUT2D eigenvalue weighted by Gasteiger charge is -2.24. The van der Waals surface area contributed by atoms with Gasteiger partial charge in [-0.05, 0) is 12.8 Å². The molecule has 102 valence electrons. The maximum atomic E-state index is 11.7. The van der Waals surface area contributed by atoms with Crippen LogP contribution in [0.15, 0.2) is 0 Å². The van der Waals surface area contributed by atoms with Crippen LogP contribution in [-0.2, 0) is 22.6 Å². The Balaban J connectivity index is 1.66. The molecular weight excluding hydrogens is 264 g/mol. The highest BCUT2D eigenvalue weighted by molar-refractivity contribution is 7.15. The number of primary amides is 1. The second-order valence-electron chi connectivity index (χ2n) is 5.08. The Hall–Kier alpha value is -1.47. The molecule has 0 atom stereocenters. The number of carbonyl (C=O) groups excluding carboxylic acids is 2. The van der Waals surface area contributed by atoms with Gasteiger partial charge < -0.3 is 11.1 Å². The average molecular weight is 280 g/mol. The predicted molar refractivity (Wildman–Crippen MR) is 71.6 cm³/mol. The summed E-state index contributed by atoms with van der Waals surface area (Å²) in [6.45, 7) is 1.76. The number of thiazole rings is 1. The summed E-state index contributed by atoms with van der Waals surface area (Å²) in [7, 11) is 0. The Morgan fingerprint density at radius 1 is 1.47 bits per heavy atom. The molecule has 0 aromatic carbocycles. The van der Waals surface area contributed by atoms with Crippen LogP contribution in [0.2, 0.25) is 0 Å². The van der Waals surface area contributed by atoms with E-state index in [0.29, 0.717) is 11.7 Å². The van der Waals surface area contributed by atoms with Gasteiger partial charge in [0.05, 0.1) is 12.2 Å². The number of fused-ring (bicyclic) bond motifs is 1. The molecule has 1 fully saturated rings. The topological polar surface area (TPSA) is 88.3 Å². The quantitative estimate of drug-likeness (QED) is 0.832. The highest BCUT2D eigenvalue weighted by Crippen LogP contribution is 2.32. The van der Waals surface area contributed by atoms with Gasteiger partial charge in [0.25, 0.3) is 0 Å². The van der Waals surface area contributed by atoms with Gasteiger partial charge >= 0.3 is 0 Å². The van der Waals surface area contributed by atoms with E-state index in [2.05, 4.69) is 10.3 Å². The van der Waals surface area contributed by atoms with E-state index in [9.17, 15) is 9.59 Å². The molecule has 6 nitrogen and oxygen atoms in total. The Bertz CT molecular complexity index is 524. The van der Waals surface area contributed by atoms with Gasteiger partial charge in [-0.15, -0.1) is 11.3 Å². The van der Waals surface area contributed by atoms with Crippen molar-refractivity contribution in [1.82, 2.24) is 9.88 Å². The predicted octanol–water partition coefficient (Wildman–Crippen LogP) is 0.335. The van der Waals surface area contributed by atoms with Crippen molar-refractivity contribution >= 4 is 28.3 Å². The van der Waals surface area contributed by atoms with E-state index in [1.807, 2.05) is 4.90 Å². The number of hydrogen-bond acceptors (Lipinski definition) is 5. The van der Waals surface area contributed by atoms with E-state index in [1.54, 1.807) is 0 Å². The summed E-state index contributed by atoms with van der Waals surface area (Å²) in [5.41, 5.74) is 6.24. The minimum atomic E-state index is -0.310. The third-order valence-corrected chi connectivity index (χ3v) is 4.37. The molecule has 3 N–H and O–H groups in total. The minimum Gasteiger partial charge on any atom is -0.369 e. The van der Waals surface area contributed by atoms with Crippen LogP contribution in [0.1, 0.15) is 23.4 Å². The first-order valence-corrected chi connectivity index (χ1v) is 7.23. The van der Waals surface area contributed by atoms with E-state index < -0.39 is 0 Å². The highest BCUT2D eigenvalue weighted by atomic mass is 32.1. The summed E-state index contributed by atoms with van der Waals surface area (Å²) >= 11 is 1.50. The van der Waals surface area contributed by atoms with Gasteiger partial charge in [-0.1, -0.05) is 0 Å². The summed E-state index contributed by atoms with van der Waals surface area (Å²) in [5, 5.41) is 3.56. The smallest absolute Gasteiger partial charge is 0.231 e. The molecule has 1 aliphatic carbocycles. The van der Waals surface area contributed by atoms with Gasteiger partial charge in [0, 0.05) is 30.3 Å². The van der Waals surface area contributed by atoms with Crippen molar-refractivity contribution in [1.29, 1.82) is 0 Å². The number of nitrogens with one attached hydrogen (secondary N) is 1. The van der Waals surface area contributed by atoms with Crippen molar-refractivity contribution in [3.05, 3.63) is 10.6 Å². The number of carbonyl (C=O) groups is 2. The molecule has 7 heteroatoms. The van der Waals surface area contributed by atoms with Crippen LogP contribution in [0.3, 0.4) is 0 Å². The van der Waals surface area contributed by atoms with Crippen molar-refractivity contribution in [2.24, 2.45) is 11.7 Å². The lowest BCUT2D eigenvalue weighted by Crippen LogP contribution is -2.37. The third-order valence-electron chi connectivity index (χ3n) is 3.37. The fourth-order valence-corrected chi connectivity index (χ4v) is 3.26. The maximum Gasteiger partial charge on any atom is 0.231 e. The zero-order valence-electron chi connectivity index (χ0n) is 10.5. The molecule has 0 bridgehead atoms. The number of hydrogen-bond donors (Lipinski definition) is 2. The first-order valence-electron chi connectivity index (χ1n) is 6.42. The van der Waals surface area contributed by atoms with Crippen LogP contribution in [0, 0.1) is 5.92 Å². The largest absolute Gasteiger partial charge is 0.369 e. The molecule has 1 saturated carbocycles. The highest BCUT2D eigenvalue weighted by Gasteiger charge is 2.30. The second-order valence-corrected chi connectivity index (χ2v) is 6.16. The van der Waals surface area contributed by atoms with Crippen LogP contribution in [-0.4, -0.2) is 34.8 Å². The summed E-state index contributed by atoms with van der Waals surface area (Å²) in [6.07, 6.45) is 2.78. The molecule has 0 unspecified atom stereocenters. The first-order chi connectivity index (χ1) is 9.11. The van der Waals surface area contributed by atoms with Crippen molar-refractivity contribution in [2.75, 3.05) is 18.4 Å². The minimum absolute atomic E-state index is 0.0834. The molecule has 19 heavy (non-hydrogen) atoms. The molecule has 0 radical (unpaired) electrons. The van der Waals surface area contributed by atoms with Crippen LogP contribution in [0.5, 0.6) is 0 Å². The molecule has 2 aliphatic rings. The summed E-state index contributed by atoms with van der Waals surface area (Å²) < 4.78 is 0. The normalized spacial score (nSPS) is 18.9. The number of anilines is 1. The molecule has 2 amide bonds. The summed E-state index contributed by atoms with van der Waals surface area (Å²) in [6, 6.07) is 0. The van der Waals surface area contributed by atoms with E-state index in [4.69, 9.17) is 5.73 Å². The van der Waals surface area contributed by atoms with Gasteiger partial charge in [0.1, 0.15) is 0 Å². The number of nitrogens with two attached hydrogens (primary N) is 1. The number of nitrogens with zero attached hydrogens (tertiary/aromatic N) is 2. The molecule has 3 rings (SSSR count). The van der Waals surface area contributed by atoms with Gasteiger partial charge in [-0.3, -0.25) is 14.5 Å². The van der Waals surface area contributed by atoms with E-state index >= 15 is 0 Å². The Morgan fingerprint density at radius 3 is 2.95 bits per heavy atom. The Labute approximate surface area is 115 Å². The SMILES string of the molecule is NC(=O)CN1CCc2nc(NC(=O)C3CC3)sc2C1. The van der Waals surface area contributed by atoms with Gasteiger partial charge in [-0.2, -0.15) is 0 Å². The van der Waals surface area contributed by atoms with E-state index in [0.717, 1.165) is 36.4 Å². The fraction of sp³-hybridized carbons (Fsp3) is 0.583. The molecule has 2 heterocycles. The Morgan fingerprint density at radius 2 is 2.26 bits per heavy atom. The van der Waals surface area contributed by atoms with Crippen molar-refractivity contribution in [2.45, 2.75) is 25.8 Å². The molecule has 1 aromatic heterocycles. The molecule has 1 aliphatic heterocycles. The first kappa shape index (κ1) is 12.6. The average Bonchev–Trinajstić information content (AvgIpc) is 3.10. The Kier molecular flexibility index (Phi) is 3.24. The molecule has 0 spiro atoms. The lowest BCUT2D eigenvalue weighted by atomic mass is 10.2. The molecule has 0 saturated heterocycles. The fourth-order valence-electron chi connectivity index (χ4n) is 2.21. The van der Waals surface area contributed by atoms with Crippen molar-refractivity contribution in [3.63, 3.8) is 0 Å². The standard InChI is InChI=1S/C12H16N4O2S/c13-10(17)6-16-4-3-8-9(5-16)19-12(14-8)15-11(18)7-1-2-7/h7H,1-6H2,(H2,13,17)(H,14,15,18). The van der Waals surface area contributed by atoms with Crippen LogP contribution < -0.4 is 11.1 Å². The van der Waals surface area contributed by atoms with Gasteiger partial charge in [-0.25, -0.2) is 4.98 Å². The summed E-state index contributed by atoms with van der Waals surface area (Å²) in [5.74, 6) is -0.0393. The van der Waals surface area contributed by atoms with Crippen LogP contribution in [0.4, 0.5) is 5.13 Å².